The molecule has 0 saturated carbocycles. The summed E-state index contributed by atoms with van der Waals surface area (Å²) < 4.78 is 16.3. The van der Waals surface area contributed by atoms with Crippen molar-refractivity contribution in [2.75, 3.05) is 19.0 Å². The number of nitro benzene ring substituents is 1. The predicted molar refractivity (Wildman–Crippen MR) is 108 cm³/mol. The molecule has 0 unspecified atom stereocenters. The maximum atomic E-state index is 12.5. The highest BCUT2D eigenvalue weighted by atomic mass is 35.5. The van der Waals surface area contributed by atoms with Crippen molar-refractivity contribution in [2.24, 2.45) is 0 Å². The SMILES string of the molecule is CCOc1ccc(NC(=O)c2ccc(-c3ccc([N+](=O)[O-])cc3Cl)o2)cc1OC. The quantitative estimate of drug-likeness (QED) is 0.421. The number of nitro groups is 1. The molecule has 29 heavy (non-hydrogen) atoms. The van der Waals surface area contributed by atoms with Crippen LogP contribution in [0.5, 0.6) is 11.5 Å². The first-order chi connectivity index (χ1) is 13.9. The lowest BCUT2D eigenvalue weighted by Crippen LogP contribution is -2.11. The first-order valence-electron chi connectivity index (χ1n) is 8.59. The van der Waals surface area contributed by atoms with Crippen molar-refractivity contribution in [3.8, 4) is 22.8 Å². The molecule has 0 spiro atoms. The molecule has 0 bridgehead atoms. The smallest absolute Gasteiger partial charge is 0.291 e. The Morgan fingerprint density at radius 1 is 1.17 bits per heavy atom. The van der Waals surface area contributed by atoms with Crippen LogP contribution in [0.15, 0.2) is 52.9 Å². The lowest BCUT2D eigenvalue weighted by atomic mass is 10.1. The van der Waals surface area contributed by atoms with Crippen LogP contribution in [0.4, 0.5) is 11.4 Å². The van der Waals surface area contributed by atoms with E-state index in [-0.39, 0.29) is 16.5 Å². The van der Waals surface area contributed by atoms with Gasteiger partial charge in [-0.15, -0.1) is 0 Å². The van der Waals surface area contributed by atoms with E-state index in [1.54, 1.807) is 24.3 Å². The summed E-state index contributed by atoms with van der Waals surface area (Å²) in [5.74, 6) is 0.964. The average Bonchev–Trinajstić information content (AvgIpc) is 3.19. The summed E-state index contributed by atoms with van der Waals surface area (Å²) in [6, 6.07) is 12.1. The van der Waals surface area contributed by atoms with Crippen LogP contribution in [-0.2, 0) is 0 Å². The van der Waals surface area contributed by atoms with Gasteiger partial charge in [-0.25, -0.2) is 0 Å². The van der Waals surface area contributed by atoms with Gasteiger partial charge in [0.1, 0.15) is 5.76 Å². The highest BCUT2D eigenvalue weighted by molar-refractivity contribution is 6.33. The fraction of sp³-hybridized carbons (Fsp3) is 0.150. The van der Waals surface area contributed by atoms with E-state index in [4.69, 9.17) is 25.5 Å². The van der Waals surface area contributed by atoms with Gasteiger partial charge in [-0.05, 0) is 37.3 Å². The van der Waals surface area contributed by atoms with E-state index < -0.39 is 10.8 Å². The Kier molecular flexibility index (Phi) is 6.04. The lowest BCUT2D eigenvalue weighted by molar-refractivity contribution is -0.384. The lowest BCUT2D eigenvalue weighted by Gasteiger charge is -2.11. The summed E-state index contributed by atoms with van der Waals surface area (Å²) in [6.07, 6.45) is 0. The van der Waals surface area contributed by atoms with Gasteiger partial charge in [0.05, 0.1) is 23.7 Å². The number of benzene rings is 2. The predicted octanol–water partition coefficient (Wildman–Crippen LogP) is 5.17. The molecule has 1 heterocycles. The number of carbonyl (C=O) groups excluding carboxylic acids is 1. The second-order valence-electron chi connectivity index (χ2n) is 5.84. The number of hydrogen-bond donors (Lipinski definition) is 1. The summed E-state index contributed by atoms with van der Waals surface area (Å²) in [6.45, 7) is 2.35. The molecule has 0 radical (unpaired) electrons. The molecule has 9 heteroatoms. The minimum Gasteiger partial charge on any atom is -0.493 e. The molecule has 8 nitrogen and oxygen atoms in total. The summed E-state index contributed by atoms with van der Waals surface area (Å²) in [5.41, 5.74) is 0.813. The van der Waals surface area contributed by atoms with Crippen LogP contribution >= 0.6 is 11.6 Å². The van der Waals surface area contributed by atoms with Crippen LogP contribution in [0, 0.1) is 10.1 Å². The number of amides is 1. The number of non-ortho nitro benzene ring substituents is 1. The molecule has 150 valence electrons. The van der Waals surface area contributed by atoms with Gasteiger partial charge >= 0.3 is 0 Å². The number of nitrogens with one attached hydrogen (secondary N) is 1. The first kappa shape index (κ1) is 20.2. The van der Waals surface area contributed by atoms with Crippen molar-refractivity contribution < 1.29 is 23.6 Å². The number of hydrogen-bond acceptors (Lipinski definition) is 6. The molecule has 3 aromatic rings. The molecule has 0 atom stereocenters. The van der Waals surface area contributed by atoms with Crippen LogP contribution in [0.2, 0.25) is 5.02 Å². The Bertz CT molecular complexity index is 1060. The Labute approximate surface area is 171 Å². The Balaban J connectivity index is 1.79. The summed E-state index contributed by atoms with van der Waals surface area (Å²) in [7, 11) is 1.51. The molecule has 0 aliphatic rings. The largest absolute Gasteiger partial charge is 0.493 e. The fourth-order valence-electron chi connectivity index (χ4n) is 2.63. The highest BCUT2D eigenvalue weighted by Crippen LogP contribution is 2.33. The number of carbonyl (C=O) groups is 1. The molecule has 1 amide bonds. The van der Waals surface area contributed by atoms with Crippen LogP contribution in [0.3, 0.4) is 0 Å². The van der Waals surface area contributed by atoms with E-state index in [0.29, 0.717) is 35.1 Å². The van der Waals surface area contributed by atoms with Gasteiger partial charge < -0.3 is 19.2 Å². The number of nitrogens with zero attached hydrogens (tertiary/aromatic N) is 1. The zero-order valence-electron chi connectivity index (χ0n) is 15.6. The van der Waals surface area contributed by atoms with Crippen molar-refractivity contribution in [3.05, 3.63) is 69.4 Å². The minimum atomic E-state index is -0.540. The standard InChI is InChI=1S/C20H17ClN2O6/c1-3-28-17-7-4-12(10-19(17)27-2)22-20(24)18-9-8-16(29-18)14-6-5-13(23(25)26)11-15(14)21/h4-11H,3H2,1-2H3,(H,22,24). The zero-order valence-corrected chi connectivity index (χ0v) is 16.4. The van der Waals surface area contributed by atoms with Crippen molar-refractivity contribution in [1.29, 1.82) is 0 Å². The van der Waals surface area contributed by atoms with Gasteiger partial charge in [0.15, 0.2) is 17.3 Å². The van der Waals surface area contributed by atoms with Gasteiger partial charge in [-0.3, -0.25) is 14.9 Å². The molecule has 0 fully saturated rings. The third kappa shape index (κ3) is 4.49. The van der Waals surface area contributed by atoms with Crippen LogP contribution in [0.25, 0.3) is 11.3 Å². The van der Waals surface area contributed by atoms with Crippen molar-refractivity contribution in [3.63, 3.8) is 0 Å². The van der Waals surface area contributed by atoms with Crippen molar-refractivity contribution in [2.45, 2.75) is 6.92 Å². The zero-order chi connectivity index (χ0) is 21.0. The van der Waals surface area contributed by atoms with Crippen LogP contribution < -0.4 is 14.8 Å². The molecule has 0 saturated heterocycles. The van der Waals surface area contributed by atoms with E-state index in [9.17, 15) is 14.9 Å². The topological polar surface area (TPSA) is 104 Å². The van der Waals surface area contributed by atoms with E-state index >= 15 is 0 Å². The maximum Gasteiger partial charge on any atom is 0.291 e. The monoisotopic (exact) mass is 416 g/mol. The molecule has 1 N–H and O–H groups in total. The average molecular weight is 417 g/mol. The van der Waals surface area contributed by atoms with Crippen LogP contribution in [0.1, 0.15) is 17.5 Å². The second kappa shape index (κ2) is 8.66. The third-order valence-corrected chi connectivity index (χ3v) is 4.29. The van der Waals surface area contributed by atoms with E-state index in [0.717, 1.165) is 0 Å². The van der Waals surface area contributed by atoms with Crippen LogP contribution in [-0.4, -0.2) is 24.5 Å². The molecule has 2 aromatic carbocycles. The van der Waals surface area contributed by atoms with Crippen molar-refractivity contribution >= 4 is 28.9 Å². The number of rotatable bonds is 7. The Morgan fingerprint density at radius 3 is 2.62 bits per heavy atom. The molecule has 1 aromatic heterocycles. The van der Waals surface area contributed by atoms with Gasteiger partial charge in [0.25, 0.3) is 11.6 Å². The van der Waals surface area contributed by atoms with Gasteiger partial charge in [0, 0.05) is 29.4 Å². The second-order valence-corrected chi connectivity index (χ2v) is 6.25. The third-order valence-electron chi connectivity index (χ3n) is 3.98. The number of methoxy groups -OCH3 is 1. The van der Waals surface area contributed by atoms with Gasteiger partial charge in [-0.1, -0.05) is 11.6 Å². The van der Waals surface area contributed by atoms with Gasteiger partial charge in [0.2, 0.25) is 0 Å². The summed E-state index contributed by atoms with van der Waals surface area (Å²) in [4.78, 5) is 22.8. The normalized spacial score (nSPS) is 10.4. The van der Waals surface area contributed by atoms with Gasteiger partial charge in [-0.2, -0.15) is 0 Å². The number of anilines is 1. The molecular formula is C20H17ClN2O6. The number of ether oxygens (including phenoxy) is 2. The highest BCUT2D eigenvalue weighted by Gasteiger charge is 2.17. The summed E-state index contributed by atoms with van der Waals surface area (Å²) >= 11 is 6.11. The number of furan rings is 1. The first-order valence-corrected chi connectivity index (χ1v) is 8.97. The van der Waals surface area contributed by atoms with E-state index in [2.05, 4.69) is 5.32 Å². The summed E-state index contributed by atoms with van der Waals surface area (Å²) in [5, 5.41) is 13.7. The molecular weight excluding hydrogens is 400 g/mol. The van der Waals surface area contributed by atoms with Crippen molar-refractivity contribution in [1.82, 2.24) is 0 Å². The van der Waals surface area contributed by atoms with E-state index in [1.165, 1.54) is 31.4 Å². The molecule has 0 aliphatic carbocycles. The molecule has 0 aliphatic heterocycles. The minimum absolute atomic E-state index is 0.0577. The molecule has 3 rings (SSSR count). The Hall–Kier alpha value is -3.52. The Morgan fingerprint density at radius 2 is 1.97 bits per heavy atom. The fourth-order valence-corrected chi connectivity index (χ4v) is 2.90. The van der Waals surface area contributed by atoms with E-state index in [1.807, 2.05) is 6.92 Å². The maximum absolute atomic E-state index is 12.5. The number of halogens is 1.